The molecule has 1 atom stereocenters. The van der Waals surface area contributed by atoms with Gasteiger partial charge in [-0.05, 0) is 31.0 Å². The Hall–Kier alpha value is -1.55. The van der Waals surface area contributed by atoms with Crippen molar-refractivity contribution in [1.29, 1.82) is 0 Å². The van der Waals surface area contributed by atoms with Crippen LogP contribution in [-0.4, -0.2) is 43.0 Å². The van der Waals surface area contributed by atoms with Crippen LogP contribution in [0.1, 0.15) is 31.2 Å². The number of carbonyl (C=O) groups is 1. The molecule has 1 unspecified atom stereocenters. The maximum atomic E-state index is 12.3. The minimum absolute atomic E-state index is 0.0396. The standard InChI is InChI=1S/C16H23N3O/c1-2-19(12-7-8-12)10-9-17-16(20)14-11-18-15-6-4-3-5-13(14)15/h3-6,12,14,18H,2,7-11H2,1H3,(H,17,20). The third-order valence-corrected chi connectivity index (χ3v) is 4.32. The zero-order valence-electron chi connectivity index (χ0n) is 12.1. The fourth-order valence-electron chi connectivity index (χ4n) is 3.00. The summed E-state index contributed by atoms with van der Waals surface area (Å²) in [4.78, 5) is 14.8. The van der Waals surface area contributed by atoms with Crippen LogP contribution >= 0.6 is 0 Å². The molecule has 2 N–H and O–H groups in total. The van der Waals surface area contributed by atoms with Gasteiger partial charge < -0.3 is 10.6 Å². The van der Waals surface area contributed by atoms with Crippen molar-refractivity contribution in [3.8, 4) is 0 Å². The molecule has 3 rings (SSSR count). The van der Waals surface area contributed by atoms with Crippen LogP contribution in [0, 0.1) is 0 Å². The summed E-state index contributed by atoms with van der Waals surface area (Å²) in [6.45, 7) is 5.70. The third kappa shape index (κ3) is 2.80. The molecular weight excluding hydrogens is 250 g/mol. The Morgan fingerprint density at radius 1 is 1.40 bits per heavy atom. The summed E-state index contributed by atoms with van der Waals surface area (Å²) in [5.74, 6) is 0.108. The average Bonchev–Trinajstić information content (AvgIpc) is 3.22. The summed E-state index contributed by atoms with van der Waals surface area (Å²) in [6.07, 6.45) is 2.64. The van der Waals surface area contributed by atoms with E-state index in [-0.39, 0.29) is 11.8 Å². The lowest BCUT2D eigenvalue weighted by Gasteiger charge is -2.20. The number of anilines is 1. The van der Waals surface area contributed by atoms with Gasteiger partial charge in [-0.3, -0.25) is 9.69 Å². The minimum Gasteiger partial charge on any atom is -0.384 e. The van der Waals surface area contributed by atoms with E-state index in [2.05, 4.69) is 22.5 Å². The minimum atomic E-state index is -0.0396. The Morgan fingerprint density at radius 2 is 2.20 bits per heavy atom. The SMILES string of the molecule is CCN(CCNC(=O)C1CNc2ccccc21)C1CC1. The number of hydrogen-bond donors (Lipinski definition) is 2. The molecule has 1 fully saturated rings. The molecule has 108 valence electrons. The van der Waals surface area contributed by atoms with Crippen LogP contribution in [0.5, 0.6) is 0 Å². The maximum absolute atomic E-state index is 12.3. The summed E-state index contributed by atoms with van der Waals surface area (Å²) in [6, 6.07) is 8.85. The second-order valence-corrected chi connectivity index (χ2v) is 5.67. The zero-order chi connectivity index (χ0) is 13.9. The quantitative estimate of drug-likeness (QED) is 0.830. The van der Waals surface area contributed by atoms with Gasteiger partial charge in [0.25, 0.3) is 0 Å². The van der Waals surface area contributed by atoms with Gasteiger partial charge in [-0.1, -0.05) is 25.1 Å². The van der Waals surface area contributed by atoms with Crippen LogP contribution in [-0.2, 0) is 4.79 Å². The lowest BCUT2D eigenvalue weighted by atomic mass is 10.0. The molecule has 0 saturated heterocycles. The van der Waals surface area contributed by atoms with Crippen LogP contribution in [0.4, 0.5) is 5.69 Å². The first-order valence-corrected chi connectivity index (χ1v) is 7.64. The number of para-hydroxylation sites is 1. The lowest BCUT2D eigenvalue weighted by Crippen LogP contribution is -2.38. The van der Waals surface area contributed by atoms with E-state index in [9.17, 15) is 4.79 Å². The molecule has 4 nitrogen and oxygen atoms in total. The van der Waals surface area contributed by atoms with Gasteiger partial charge in [0.2, 0.25) is 5.91 Å². The topological polar surface area (TPSA) is 44.4 Å². The number of benzene rings is 1. The normalized spacial score (nSPS) is 20.6. The highest BCUT2D eigenvalue weighted by molar-refractivity contribution is 5.88. The first-order chi connectivity index (χ1) is 9.79. The van der Waals surface area contributed by atoms with E-state index in [1.165, 1.54) is 12.8 Å². The molecule has 1 heterocycles. The van der Waals surface area contributed by atoms with Crippen LogP contribution in [0.2, 0.25) is 0 Å². The summed E-state index contributed by atoms with van der Waals surface area (Å²) in [5.41, 5.74) is 2.22. The Morgan fingerprint density at radius 3 is 2.95 bits per heavy atom. The van der Waals surface area contributed by atoms with Gasteiger partial charge in [-0.25, -0.2) is 0 Å². The number of carbonyl (C=O) groups excluding carboxylic acids is 1. The van der Waals surface area contributed by atoms with Crippen molar-refractivity contribution in [1.82, 2.24) is 10.2 Å². The smallest absolute Gasteiger partial charge is 0.229 e. The second-order valence-electron chi connectivity index (χ2n) is 5.67. The Labute approximate surface area is 120 Å². The number of fused-ring (bicyclic) bond motifs is 1. The summed E-state index contributed by atoms with van der Waals surface area (Å²) in [5, 5.41) is 6.39. The van der Waals surface area contributed by atoms with E-state index in [1.54, 1.807) is 0 Å². The van der Waals surface area contributed by atoms with Crippen molar-refractivity contribution in [3.63, 3.8) is 0 Å². The van der Waals surface area contributed by atoms with E-state index in [0.717, 1.165) is 36.9 Å². The number of amides is 1. The van der Waals surface area contributed by atoms with Gasteiger partial charge in [0.15, 0.2) is 0 Å². The fourth-order valence-corrected chi connectivity index (χ4v) is 3.00. The van der Waals surface area contributed by atoms with Crippen molar-refractivity contribution in [2.24, 2.45) is 0 Å². The molecule has 1 amide bonds. The van der Waals surface area contributed by atoms with Gasteiger partial charge in [0, 0.05) is 31.4 Å². The molecule has 1 aromatic rings. The molecule has 1 aliphatic heterocycles. The van der Waals surface area contributed by atoms with Crippen LogP contribution in [0.15, 0.2) is 24.3 Å². The number of hydrogen-bond acceptors (Lipinski definition) is 3. The highest BCUT2D eigenvalue weighted by atomic mass is 16.1. The van der Waals surface area contributed by atoms with Crippen molar-refractivity contribution in [2.75, 3.05) is 31.5 Å². The maximum Gasteiger partial charge on any atom is 0.229 e. The predicted octanol–water partition coefficient (Wildman–Crippen LogP) is 1.80. The van der Waals surface area contributed by atoms with Crippen LogP contribution in [0.3, 0.4) is 0 Å². The zero-order valence-corrected chi connectivity index (χ0v) is 12.1. The lowest BCUT2D eigenvalue weighted by molar-refractivity contribution is -0.122. The molecule has 0 bridgehead atoms. The van der Waals surface area contributed by atoms with Crippen molar-refractivity contribution < 1.29 is 4.79 Å². The third-order valence-electron chi connectivity index (χ3n) is 4.32. The monoisotopic (exact) mass is 273 g/mol. The molecule has 4 heteroatoms. The first-order valence-electron chi connectivity index (χ1n) is 7.64. The Kier molecular flexibility index (Phi) is 3.92. The highest BCUT2D eigenvalue weighted by Gasteiger charge is 2.29. The molecule has 0 aromatic heterocycles. The Balaban J connectivity index is 1.50. The molecule has 1 aliphatic carbocycles. The van der Waals surface area contributed by atoms with Crippen molar-refractivity contribution in [2.45, 2.75) is 31.7 Å². The number of nitrogens with zero attached hydrogens (tertiary/aromatic N) is 1. The molecule has 1 saturated carbocycles. The van der Waals surface area contributed by atoms with Gasteiger partial charge in [0.05, 0.1) is 5.92 Å². The largest absolute Gasteiger partial charge is 0.384 e. The van der Waals surface area contributed by atoms with Crippen molar-refractivity contribution >= 4 is 11.6 Å². The number of nitrogens with one attached hydrogen (secondary N) is 2. The molecule has 1 aromatic carbocycles. The van der Waals surface area contributed by atoms with Gasteiger partial charge >= 0.3 is 0 Å². The molecule has 0 spiro atoms. The van der Waals surface area contributed by atoms with Gasteiger partial charge in [-0.2, -0.15) is 0 Å². The van der Waals surface area contributed by atoms with Crippen LogP contribution < -0.4 is 10.6 Å². The van der Waals surface area contributed by atoms with E-state index < -0.39 is 0 Å². The first kappa shape index (κ1) is 13.4. The average molecular weight is 273 g/mol. The highest BCUT2D eigenvalue weighted by Crippen LogP contribution is 2.31. The van der Waals surface area contributed by atoms with Gasteiger partial charge in [-0.15, -0.1) is 0 Å². The summed E-state index contributed by atoms with van der Waals surface area (Å²) >= 11 is 0. The summed E-state index contributed by atoms with van der Waals surface area (Å²) < 4.78 is 0. The number of likely N-dealkylation sites (N-methyl/N-ethyl adjacent to an activating group) is 1. The molecular formula is C16H23N3O. The molecule has 20 heavy (non-hydrogen) atoms. The molecule has 0 radical (unpaired) electrons. The molecule has 2 aliphatic rings. The van der Waals surface area contributed by atoms with E-state index >= 15 is 0 Å². The Bertz CT molecular complexity index is 484. The van der Waals surface area contributed by atoms with E-state index in [0.29, 0.717) is 6.54 Å². The van der Waals surface area contributed by atoms with Gasteiger partial charge in [0.1, 0.15) is 0 Å². The fraction of sp³-hybridized carbons (Fsp3) is 0.562. The van der Waals surface area contributed by atoms with E-state index in [4.69, 9.17) is 0 Å². The van der Waals surface area contributed by atoms with Crippen LogP contribution in [0.25, 0.3) is 0 Å². The number of rotatable bonds is 6. The summed E-state index contributed by atoms with van der Waals surface area (Å²) in [7, 11) is 0. The van der Waals surface area contributed by atoms with Crippen molar-refractivity contribution in [3.05, 3.63) is 29.8 Å². The van der Waals surface area contributed by atoms with E-state index in [1.807, 2.05) is 24.3 Å². The predicted molar refractivity (Wildman–Crippen MR) is 81.0 cm³/mol. The second kappa shape index (κ2) is 5.83.